The Bertz CT molecular complexity index is 327. The second-order valence-corrected chi connectivity index (χ2v) is 3.87. The molecule has 3 heteroatoms. The number of anilines is 1. The molecule has 0 bridgehead atoms. The van der Waals surface area contributed by atoms with Crippen molar-refractivity contribution in [2.75, 3.05) is 25.2 Å². The lowest BCUT2D eigenvalue weighted by Crippen LogP contribution is -2.31. The van der Waals surface area contributed by atoms with Crippen molar-refractivity contribution in [3.63, 3.8) is 0 Å². The van der Waals surface area contributed by atoms with E-state index in [0.717, 1.165) is 30.8 Å². The highest BCUT2D eigenvalue weighted by atomic mass is 16.5. The Balaban J connectivity index is 2.20. The molecule has 0 saturated carbocycles. The van der Waals surface area contributed by atoms with Gasteiger partial charge >= 0.3 is 0 Å². The van der Waals surface area contributed by atoms with Crippen molar-refractivity contribution in [2.45, 2.75) is 18.9 Å². The maximum absolute atomic E-state index is 9.25. The number of nitrogens with zero attached hydrogens (tertiary/aromatic N) is 1. The van der Waals surface area contributed by atoms with Crippen LogP contribution >= 0.6 is 0 Å². The second kappa shape index (κ2) is 4.53. The molecule has 0 aliphatic carbocycles. The van der Waals surface area contributed by atoms with Crippen LogP contribution in [0.3, 0.4) is 0 Å². The second-order valence-electron chi connectivity index (χ2n) is 3.87. The van der Waals surface area contributed by atoms with E-state index in [1.54, 1.807) is 7.11 Å². The molecule has 0 aromatic heterocycles. The number of aliphatic hydroxyl groups excluding tert-OH is 1. The molecule has 1 heterocycles. The Morgan fingerprint density at radius 3 is 3.13 bits per heavy atom. The van der Waals surface area contributed by atoms with Gasteiger partial charge in [0.1, 0.15) is 5.75 Å². The quantitative estimate of drug-likeness (QED) is 0.818. The zero-order valence-electron chi connectivity index (χ0n) is 9.02. The first-order valence-electron chi connectivity index (χ1n) is 5.36. The SMILES string of the molecule is COc1cccc(N2CCCC2CO)c1. The predicted molar refractivity (Wildman–Crippen MR) is 60.4 cm³/mol. The van der Waals surface area contributed by atoms with E-state index in [2.05, 4.69) is 11.0 Å². The average molecular weight is 207 g/mol. The van der Waals surface area contributed by atoms with Crippen LogP contribution in [-0.4, -0.2) is 31.4 Å². The zero-order chi connectivity index (χ0) is 10.7. The molecule has 0 amide bonds. The van der Waals surface area contributed by atoms with Crippen LogP contribution in [0.15, 0.2) is 24.3 Å². The highest BCUT2D eigenvalue weighted by Gasteiger charge is 2.23. The highest BCUT2D eigenvalue weighted by Crippen LogP contribution is 2.27. The average Bonchev–Trinajstić information content (AvgIpc) is 2.77. The fraction of sp³-hybridized carbons (Fsp3) is 0.500. The molecule has 2 rings (SSSR count). The lowest BCUT2D eigenvalue weighted by molar-refractivity contribution is 0.266. The molecule has 1 atom stereocenters. The van der Waals surface area contributed by atoms with Gasteiger partial charge in [-0.25, -0.2) is 0 Å². The van der Waals surface area contributed by atoms with E-state index < -0.39 is 0 Å². The Labute approximate surface area is 90.3 Å². The molecule has 3 nitrogen and oxygen atoms in total. The first-order valence-corrected chi connectivity index (χ1v) is 5.36. The van der Waals surface area contributed by atoms with Crippen molar-refractivity contribution in [1.29, 1.82) is 0 Å². The van der Waals surface area contributed by atoms with E-state index in [1.807, 2.05) is 18.2 Å². The minimum absolute atomic E-state index is 0.233. The normalized spacial score (nSPS) is 20.7. The van der Waals surface area contributed by atoms with Crippen molar-refractivity contribution < 1.29 is 9.84 Å². The molecule has 1 aliphatic rings. The summed E-state index contributed by atoms with van der Waals surface area (Å²) >= 11 is 0. The van der Waals surface area contributed by atoms with E-state index in [4.69, 9.17) is 4.74 Å². The fourth-order valence-electron chi connectivity index (χ4n) is 2.15. The van der Waals surface area contributed by atoms with Crippen molar-refractivity contribution in [1.82, 2.24) is 0 Å². The third-order valence-electron chi connectivity index (χ3n) is 2.97. The van der Waals surface area contributed by atoms with Crippen LogP contribution in [0.1, 0.15) is 12.8 Å². The van der Waals surface area contributed by atoms with Gasteiger partial charge in [0.25, 0.3) is 0 Å². The Morgan fingerprint density at radius 2 is 2.40 bits per heavy atom. The number of hydrogen-bond acceptors (Lipinski definition) is 3. The van der Waals surface area contributed by atoms with Crippen LogP contribution in [0.4, 0.5) is 5.69 Å². The van der Waals surface area contributed by atoms with Crippen molar-refractivity contribution in [3.05, 3.63) is 24.3 Å². The van der Waals surface area contributed by atoms with E-state index >= 15 is 0 Å². The molecule has 0 spiro atoms. The largest absolute Gasteiger partial charge is 0.497 e. The first-order chi connectivity index (χ1) is 7.35. The van der Waals surface area contributed by atoms with Crippen molar-refractivity contribution in [2.24, 2.45) is 0 Å². The molecular formula is C12H17NO2. The number of benzene rings is 1. The number of ether oxygens (including phenoxy) is 1. The first kappa shape index (κ1) is 10.3. The molecule has 1 N–H and O–H groups in total. The lowest BCUT2D eigenvalue weighted by atomic mass is 10.2. The number of aliphatic hydroxyl groups is 1. The number of hydrogen-bond donors (Lipinski definition) is 1. The summed E-state index contributed by atoms with van der Waals surface area (Å²) in [6.45, 7) is 1.26. The van der Waals surface area contributed by atoms with Crippen LogP contribution in [-0.2, 0) is 0 Å². The lowest BCUT2D eigenvalue weighted by Gasteiger charge is -2.25. The molecule has 1 unspecified atom stereocenters. The predicted octanol–water partition coefficient (Wildman–Crippen LogP) is 1.66. The molecule has 0 radical (unpaired) electrons. The van der Waals surface area contributed by atoms with Crippen LogP contribution in [0.2, 0.25) is 0 Å². The summed E-state index contributed by atoms with van der Waals surface area (Å²) in [6, 6.07) is 8.29. The summed E-state index contributed by atoms with van der Waals surface area (Å²) in [5.41, 5.74) is 1.14. The van der Waals surface area contributed by atoms with E-state index in [-0.39, 0.29) is 12.6 Å². The Morgan fingerprint density at radius 1 is 1.53 bits per heavy atom. The summed E-state index contributed by atoms with van der Waals surface area (Å²) < 4.78 is 5.19. The van der Waals surface area contributed by atoms with E-state index in [9.17, 15) is 5.11 Å². The van der Waals surface area contributed by atoms with Crippen LogP contribution < -0.4 is 9.64 Å². The summed E-state index contributed by atoms with van der Waals surface area (Å²) in [7, 11) is 1.67. The molecule has 82 valence electrons. The highest BCUT2D eigenvalue weighted by molar-refractivity contribution is 5.52. The van der Waals surface area contributed by atoms with Gasteiger partial charge in [0.05, 0.1) is 19.8 Å². The molecule has 1 fully saturated rings. The van der Waals surface area contributed by atoms with Gasteiger partial charge in [0, 0.05) is 18.3 Å². The van der Waals surface area contributed by atoms with Crippen LogP contribution in [0.25, 0.3) is 0 Å². The monoisotopic (exact) mass is 207 g/mol. The molecule has 1 saturated heterocycles. The summed E-state index contributed by atoms with van der Waals surface area (Å²) in [5.74, 6) is 0.871. The van der Waals surface area contributed by atoms with E-state index in [0.29, 0.717) is 0 Å². The molecule has 1 aliphatic heterocycles. The van der Waals surface area contributed by atoms with Gasteiger partial charge < -0.3 is 14.7 Å². The van der Waals surface area contributed by atoms with Gasteiger partial charge in [-0.3, -0.25) is 0 Å². The van der Waals surface area contributed by atoms with Gasteiger partial charge in [0.2, 0.25) is 0 Å². The summed E-state index contributed by atoms with van der Waals surface area (Å²) in [4.78, 5) is 2.25. The smallest absolute Gasteiger partial charge is 0.120 e. The number of methoxy groups -OCH3 is 1. The van der Waals surface area contributed by atoms with Gasteiger partial charge in [-0.15, -0.1) is 0 Å². The summed E-state index contributed by atoms with van der Waals surface area (Å²) in [6.07, 6.45) is 2.23. The maximum atomic E-state index is 9.25. The van der Waals surface area contributed by atoms with Crippen LogP contribution in [0.5, 0.6) is 5.75 Å². The molecule has 1 aromatic rings. The van der Waals surface area contributed by atoms with Gasteiger partial charge in [-0.1, -0.05) is 6.07 Å². The Hall–Kier alpha value is -1.22. The fourth-order valence-corrected chi connectivity index (χ4v) is 2.15. The third-order valence-corrected chi connectivity index (χ3v) is 2.97. The molecular weight excluding hydrogens is 190 g/mol. The van der Waals surface area contributed by atoms with Gasteiger partial charge in [-0.2, -0.15) is 0 Å². The van der Waals surface area contributed by atoms with Gasteiger partial charge in [-0.05, 0) is 25.0 Å². The minimum atomic E-state index is 0.233. The Kier molecular flexibility index (Phi) is 3.11. The zero-order valence-corrected chi connectivity index (χ0v) is 9.02. The van der Waals surface area contributed by atoms with E-state index in [1.165, 1.54) is 0 Å². The third kappa shape index (κ3) is 2.07. The minimum Gasteiger partial charge on any atom is -0.497 e. The van der Waals surface area contributed by atoms with Gasteiger partial charge in [0.15, 0.2) is 0 Å². The molecule has 1 aromatic carbocycles. The standard InChI is InChI=1S/C12H17NO2/c1-15-12-6-2-4-10(8-12)13-7-3-5-11(13)9-14/h2,4,6,8,11,14H,3,5,7,9H2,1H3. The van der Waals surface area contributed by atoms with Crippen molar-refractivity contribution >= 4 is 5.69 Å². The van der Waals surface area contributed by atoms with Crippen LogP contribution in [0, 0.1) is 0 Å². The summed E-state index contributed by atoms with van der Waals surface area (Å²) in [5, 5.41) is 9.25. The maximum Gasteiger partial charge on any atom is 0.120 e. The topological polar surface area (TPSA) is 32.7 Å². The number of rotatable bonds is 3. The van der Waals surface area contributed by atoms with Crippen molar-refractivity contribution in [3.8, 4) is 5.75 Å². The molecule has 15 heavy (non-hydrogen) atoms.